The van der Waals surface area contributed by atoms with Crippen LogP contribution in [0.5, 0.6) is 0 Å². The number of carboxylic acids is 1. The van der Waals surface area contributed by atoms with E-state index in [9.17, 15) is 9.90 Å². The molecule has 0 aromatic heterocycles. The zero-order valence-electron chi connectivity index (χ0n) is 4.40. The van der Waals surface area contributed by atoms with Gasteiger partial charge in [-0.05, 0) is 7.05 Å². The number of nitrogens with one attached hydrogen (secondary N) is 1. The third-order valence-electron chi connectivity index (χ3n) is 0.321. The van der Waals surface area contributed by atoms with Gasteiger partial charge < -0.3 is 19.9 Å². The first kappa shape index (κ1) is 15.7. The van der Waals surface area contributed by atoms with Gasteiger partial charge in [0.05, 0.1) is 5.97 Å². The summed E-state index contributed by atoms with van der Waals surface area (Å²) in [5, 5.41) is 11.8. The molecule has 0 amide bonds. The van der Waals surface area contributed by atoms with Gasteiger partial charge in [-0.3, -0.25) is 0 Å². The van der Waals surface area contributed by atoms with Crippen LogP contribution in [0.1, 0.15) is 0 Å². The van der Waals surface area contributed by atoms with Crippen LogP contribution in [0.15, 0.2) is 0 Å². The van der Waals surface area contributed by atoms with E-state index >= 15 is 0 Å². The average Bonchev–Trinajstić information content (AvgIpc) is 1.35. The SMILES string of the molecule is CNCC(=O)[O-].[F-].[Sn+2]. The molecule has 3 nitrogen and oxygen atoms in total. The van der Waals surface area contributed by atoms with Gasteiger partial charge in [-0.25, -0.2) is 0 Å². The maximum absolute atomic E-state index is 9.43. The molecule has 0 atom stereocenters. The summed E-state index contributed by atoms with van der Waals surface area (Å²) < 4.78 is 0. The minimum Gasteiger partial charge on any atom is -1.00 e. The Balaban J connectivity index is -0.000000125. The Morgan fingerprint density at radius 2 is 2.12 bits per heavy atom. The number of aliphatic carboxylic acids is 1. The fourth-order valence-electron chi connectivity index (χ4n) is 0.144. The molecule has 1 N–H and O–H groups in total. The first-order valence-corrected chi connectivity index (χ1v) is 1.62. The zero-order chi connectivity index (χ0) is 4.99. The molecule has 0 fully saturated rings. The van der Waals surface area contributed by atoms with E-state index in [1.807, 2.05) is 0 Å². The summed E-state index contributed by atoms with van der Waals surface area (Å²) >= 11 is 0. The number of likely N-dealkylation sites (N-methyl/N-ethyl adjacent to an activating group) is 1. The van der Waals surface area contributed by atoms with Crippen molar-refractivity contribution in [3.05, 3.63) is 0 Å². The largest absolute Gasteiger partial charge is 2.00 e. The summed E-state index contributed by atoms with van der Waals surface area (Å²) in [5.74, 6) is -1.07. The summed E-state index contributed by atoms with van der Waals surface area (Å²) in [6.07, 6.45) is 0. The van der Waals surface area contributed by atoms with E-state index in [-0.39, 0.29) is 35.2 Å². The second-order valence-electron chi connectivity index (χ2n) is 0.902. The predicted molar refractivity (Wildman–Crippen MR) is 24.7 cm³/mol. The molecule has 8 heavy (non-hydrogen) atoms. The van der Waals surface area contributed by atoms with Gasteiger partial charge in [0.25, 0.3) is 0 Å². The Morgan fingerprint density at radius 3 is 2.12 bits per heavy atom. The van der Waals surface area contributed by atoms with Crippen LogP contribution in [0.4, 0.5) is 0 Å². The van der Waals surface area contributed by atoms with Crippen LogP contribution in [-0.2, 0) is 4.79 Å². The third-order valence-corrected chi connectivity index (χ3v) is 0.321. The summed E-state index contributed by atoms with van der Waals surface area (Å²) in [6.45, 7) is -0.0694. The summed E-state index contributed by atoms with van der Waals surface area (Å²) in [4.78, 5) is 9.43. The van der Waals surface area contributed by atoms with Crippen LogP contribution >= 0.6 is 0 Å². The van der Waals surface area contributed by atoms with Crippen LogP contribution in [0.25, 0.3) is 0 Å². The van der Waals surface area contributed by atoms with Crippen molar-refractivity contribution in [2.75, 3.05) is 13.6 Å². The van der Waals surface area contributed by atoms with Crippen LogP contribution in [0.2, 0.25) is 0 Å². The van der Waals surface area contributed by atoms with Crippen LogP contribution < -0.4 is 15.1 Å². The Labute approximate surface area is 63.8 Å². The Kier molecular flexibility index (Phi) is 20.0. The van der Waals surface area contributed by atoms with Crippen molar-refractivity contribution < 1.29 is 14.6 Å². The van der Waals surface area contributed by atoms with E-state index in [1.165, 1.54) is 0 Å². The smallest absolute Gasteiger partial charge is 1.00 e. The fraction of sp³-hybridized carbons (Fsp3) is 0.667. The molecule has 46 valence electrons. The monoisotopic (exact) mass is 227 g/mol. The molecule has 0 rings (SSSR count). The zero-order valence-corrected chi connectivity index (χ0v) is 7.26. The van der Waals surface area contributed by atoms with Gasteiger partial charge in [-0.2, -0.15) is 0 Å². The molecule has 0 spiro atoms. The maximum atomic E-state index is 9.43. The van der Waals surface area contributed by atoms with Crippen LogP contribution in [0, 0.1) is 0 Å². The van der Waals surface area contributed by atoms with Gasteiger partial charge in [0.1, 0.15) is 0 Å². The third kappa shape index (κ3) is 16.4. The van der Waals surface area contributed by atoms with E-state index < -0.39 is 5.97 Å². The predicted octanol–water partition coefficient (Wildman–Crippen LogP) is -5.42. The molecule has 5 heteroatoms. The standard InChI is InChI=1S/C3H7NO2.FH.Sn/c1-4-2-3(5)6;;/h4H,2H2,1H3,(H,5,6);1H;/q;;+2/p-2. The molecule has 0 aliphatic heterocycles. The molecule has 0 heterocycles. The van der Waals surface area contributed by atoms with Crippen molar-refractivity contribution >= 4 is 29.9 Å². The minimum absolute atomic E-state index is 0. The summed E-state index contributed by atoms with van der Waals surface area (Å²) in [6, 6.07) is 0. The van der Waals surface area contributed by atoms with E-state index in [1.54, 1.807) is 7.05 Å². The number of hydrogen-bond acceptors (Lipinski definition) is 3. The number of rotatable bonds is 2. The maximum Gasteiger partial charge on any atom is 2.00 e. The first-order valence-electron chi connectivity index (χ1n) is 1.62. The first-order chi connectivity index (χ1) is 2.77. The van der Waals surface area contributed by atoms with Crippen molar-refractivity contribution in [1.82, 2.24) is 5.32 Å². The molecule has 0 aromatic carbocycles. The number of carbonyl (C=O) groups is 1. The van der Waals surface area contributed by atoms with E-state index in [0.29, 0.717) is 0 Å². The van der Waals surface area contributed by atoms with Crippen molar-refractivity contribution in [3.63, 3.8) is 0 Å². The molecule has 0 aliphatic carbocycles. The molecular formula is C3H6FNO2Sn. The Hall–Kier alpha value is 0.159. The van der Waals surface area contributed by atoms with Crippen LogP contribution in [-0.4, -0.2) is 43.5 Å². The van der Waals surface area contributed by atoms with E-state index in [4.69, 9.17) is 0 Å². The van der Waals surface area contributed by atoms with Crippen molar-refractivity contribution in [2.24, 2.45) is 0 Å². The molecule has 0 unspecified atom stereocenters. The topological polar surface area (TPSA) is 52.2 Å². The van der Waals surface area contributed by atoms with E-state index in [0.717, 1.165) is 0 Å². The molecule has 0 aliphatic rings. The van der Waals surface area contributed by atoms with E-state index in [2.05, 4.69) is 5.32 Å². The minimum atomic E-state index is -1.07. The molecular weight excluding hydrogens is 220 g/mol. The summed E-state index contributed by atoms with van der Waals surface area (Å²) in [5.41, 5.74) is 0. The number of hydrogen-bond donors (Lipinski definition) is 1. The molecule has 0 saturated carbocycles. The second-order valence-corrected chi connectivity index (χ2v) is 0.902. The van der Waals surface area contributed by atoms with Crippen LogP contribution in [0.3, 0.4) is 0 Å². The average molecular weight is 226 g/mol. The molecule has 0 aromatic rings. The quantitative estimate of drug-likeness (QED) is 0.478. The molecule has 2 radical (unpaired) electrons. The Bertz CT molecular complexity index is 61.2. The van der Waals surface area contributed by atoms with Crippen molar-refractivity contribution in [1.29, 1.82) is 0 Å². The van der Waals surface area contributed by atoms with Gasteiger partial charge in [0, 0.05) is 6.54 Å². The molecule has 0 bridgehead atoms. The number of halogens is 1. The number of carboxylic acid groups (broad SMARTS) is 1. The summed E-state index contributed by atoms with van der Waals surface area (Å²) in [7, 11) is 1.55. The number of carbonyl (C=O) groups excluding carboxylic acids is 1. The van der Waals surface area contributed by atoms with Gasteiger partial charge in [-0.1, -0.05) is 0 Å². The second kappa shape index (κ2) is 10.2. The van der Waals surface area contributed by atoms with Gasteiger partial charge in [0.2, 0.25) is 0 Å². The van der Waals surface area contributed by atoms with Gasteiger partial charge in [-0.15, -0.1) is 0 Å². The molecule has 0 saturated heterocycles. The van der Waals surface area contributed by atoms with Gasteiger partial charge in [0.15, 0.2) is 0 Å². The Morgan fingerprint density at radius 1 is 1.75 bits per heavy atom. The fourth-order valence-corrected chi connectivity index (χ4v) is 0.144. The van der Waals surface area contributed by atoms with Crippen molar-refractivity contribution in [3.8, 4) is 0 Å². The van der Waals surface area contributed by atoms with Crippen molar-refractivity contribution in [2.45, 2.75) is 0 Å². The normalized spacial score (nSPS) is 6.12. The van der Waals surface area contributed by atoms with Gasteiger partial charge >= 0.3 is 23.9 Å².